The van der Waals surface area contributed by atoms with Gasteiger partial charge in [-0.1, -0.05) is 0 Å². The normalized spacial score (nSPS) is 19.2. The Bertz CT molecular complexity index is 665. The van der Waals surface area contributed by atoms with E-state index in [1.807, 2.05) is 4.90 Å². The van der Waals surface area contributed by atoms with Crippen molar-refractivity contribution in [3.63, 3.8) is 0 Å². The van der Waals surface area contributed by atoms with Crippen LogP contribution in [0.15, 0.2) is 29.2 Å². The first-order chi connectivity index (χ1) is 12.8. The highest BCUT2D eigenvalue weighted by molar-refractivity contribution is 8.00. The second kappa shape index (κ2) is 8.54. The molecule has 2 fully saturated rings. The number of alkyl halides is 3. The molecule has 2 saturated heterocycles. The Morgan fingerprint density at radius 2 is 1.48 bits per heavy atom. The maximum atomic E-state index is 12.6. The van der Waals surface area contributed by atoms with Crippen molar-refractivity contribution >= 4 is 23.6 Å². The van der Waals surface area contributed by atoms with Crippen LogP contribution in [0.1, 0.15) is 42.5 Å². The van der Waals surface area contributed by atoms with Crippen molar-refractivity contribution in [2.75, 3.05) is 26.2 Å². The topological polar surface area (TPSA) is 40.6 Å². The number of rotatable bonds is 3. The number of nitrogens with zero attached hydrogens (tertiary/aromatic N) is 2. The zero-order valence-electron chi connectivity index (χ0n) is 15.0. The number of carbonyl (C=O) groups excluding carboxylic acids is 2. The first-order valence-corrected chi connectivity index (χ1v) is 10.1. The maximum Gasteiger partial charge on any atom is 0.446 e. The number of hydrogen-bond acceptors (Lipinski definition) is 3. The van der Waals surface area contributed by atoms with Crippen molar-refractivity contribution in [1.29, 1.82) is 0 Å². The molecule has 148 valence electrons. The van der Waals surface area contributed by atoms with Crippen LogP contribution in [0, 0.1) is 5.92 Å². The number of benzene rings is 1. The van der Waals surface area contributed by atoms with E-state index in [4.69, 9.17) is 0 Å². The Kier molecular flexibility index (Phi) is 6.34. The van der Waals surface area contributed by atoms with E-state index in [1.54, 1.807) is 4.90 Å². The Morgan fingerprint density at radius 3 is 2.04 bits per heavy atom. The molecule has 0 saturated carbocycles. The summed E-state index contributed by atoms with van der Waals surface area (Å²) in [7, 11) is 0. The quantitative estimate of drug-likeness (QED) is 0.716. The van der Waals surface area contributed by atoms with Gasteiger partial charge in [0.05, 0.1) is 0 Å². The van der Waals surface area contributed by atoms with Gasteiger partial charge in [-0.2, -0.15) is 13.2 Å². The fourth-order valence-corrected chi connectivity index (χ4v) is 4.22. The van der Waals surface area contributed by atoms with Crippen LogP contribution in [0.2, 0.25) is 0 Å². The van der Waals surface area contributed by atoms with E-state index >= 15 is 0 Å². The van der Waals surface area contributed by atoms with Crippen molar-refractivity contribution in [3.8, 4) is 0 Å². The molecule has 27 heavy (non-hydrogen) atoms. The maximum absolute atomic E-state index is 12.6. The third-order valence-electron chi connectivity index (χ3n) is 5.13. The van der Waals surface area contributed by atoms with Gasteiger partial charge in [0.1, 0.15) is 0 Å². The number of hydrogen-bond donors (Lipinski definition) is 0. The zero-order valence-corrected chi connectivity index (χ0v) is 15.8. The molecule has 0 aromatic heterocycles. The molecule has 1 aromatic rings. The van der Waals surface area contributed by atoms with E-state index in [2.05, 4.69) is 0 Å². The van der Waals surface area contributed by atoms with Gasteiger partial charge in [0, 0.05) is 42.6 Å². The first kappa shape index (κ1) is 20.0. The SMILES string of the molecule is O=C(c1ccc(SC(F)(F)F)cc1)N1CCC(C(=O)N2CCCCC2)CC1. The Labute approximate surface area is 161 Å². The van der Waals surface area contributed by atoms with Crippen LogP contribution >= 0.6 is 11.8 Å². The van der Waals surface area contributed by atoms with Gasteiger partial charge >= 0.3 is 5.51 Å². The number of halogens is 3. The van der Waals surface area contributed by atoms with Crippen LogP contribution in [-0.2, 0) is 4.79 Å². The van der Waals surface area contributed by atoms with Crippen molar-refractivity contribution in [2.24, 2.45) is 5.92 Å². The highest BCUT2D eigenvalue weighted by Crippen LogP contribution is 2.36. The molecule has 0 N–H and O–H groups in total. The summed E-state index contributed by atoms with van der Waals surface area (Å²) >= 11 is -0.193. The van der Waals surface area contributed by atoms with Gasteiger partial charge in [0.2, 0.25) is 5.91 Å². The van der Waals surface area contributed by atoms with Crippen molar-refractivity contribution in [3.05, 3.63) is 29.8 Å². The van der Waals surface area contributed by atoms with Crippen molar-refractivity contribution < 1.29 is 22.8 Å². The number of thioether (sulfide) groups is 1. The van der Waals surface area contributed by atoms with Gasteiger partial charge in [-0.25, -0.2) is 0 Å². The molecular weight excluding hydrogens is 377 g/mol. The third-order valence-corrected chi connectivity index (χ3v) is 5.87. The minimum Gasteiger partial charge on any atom is -0.342 e. The number of likely N-dealkylation sites (tertiary alicyclic amines) is 2. The lowest BCUT2D eigenvalue weighted by atomic mass is 9.94. The summed E-state index contributed by atoms with van der Waals surface area (Å²) in [5, 5.41) is 0. The van der Waals surface area contributed by atoms with E-state index in [1.165, 1.54) is 30.7 Å². The van der Waals surface area contributed by atoms with E-state index < -0.39 is 5.51 Å². The third kappa shape index (κ3) is 5.40. The molecule has 0 bridgehead atoms. The molecular formula is C19H23F3N2O2S. The predicted molar refractivity (Wildman–Crippen MR) is 97.4 cm³/mol. The molecule has 8 heteroatoms. The van der Waals surface area contributed by atoms with E-state index in [0.717, 1.165) is 25.9 Å². The average Bonchev–Trinajstić information content (AvgIpc) is 2.67. The fraction of sp³-hybridized carbons (Fsp3) is 0.579. The lowest BCUT2D eigenvalue weighted by Gasteiger charge is -2.35. The van der Waals surface area contributed by atoms with E-state index in [0.29, 0.717) is 31.5 Å². The highest BCUT2D eigenvalue weighted by Gasteiger charge is 2.31. The van der Waals surface area contributed by atoms with Crippen LogP contribution in [0.25, 0.3) is 0 Å². The summed E-state index contributed by atoms with van der Waals surface area (Å²) in [5.41, 5.74) is -3.96. The van der Waals surface area contributed by atoms with Crippen LogP contribution in [0.4, 0.5) is 13.2 Å². The Hall–Kier alpha value is -1.70. The highest BCUT2D eigenvalue weighted by atomic mass is 32.2. The molecule has 1 aromatic carbocycles. The van der Waals surface area contributed by atoms with Gasteiger partial charge in [0.15, 0.2) is 0 Å². The van der Waals surface area contributed by atoms with Crippen molar-refractivity contribution in [2.45, 2.75) is 42.5 Å². The summed E-state index contributed by atoms with van der Waals surface area (Å²) in [6.07, 6.45) is 4.58. The molecule has 2 aliphatic rings. The minimum atomic E-state index is -4.34. The molecule has 4 nitrogen and oxygen atoms in total. The van der Waals surface area contributed by atoms with E-state index in [-0.39, 0.29) is 34.4 Å². The molecule has 2 aliphatic heterocycles. The second-order valence-corrected chi connectivity index (χ2v) is 8.16. The zero-order chi connectivity index (χ0) is 19.4. The molecule has 0 unspecified atom stereocenters. The Morgan fingerprint density at radius 1 is 0.889 bits per heavy atom. The standard InChI is InChI=1S/C19H23F3N2O2S/c20-19(21,22)27-16-6-4-14(5-7-16)17(25)24-12-8-15(9-13-24)18(26)23-10-2-1-3-11-23/h4-7,15H,1-3,8-13H2. The summed E-state index contributed by atoms with van der Waals surface area (Å²) in [5.74, 6) is -0.0181. The summed E-state index contributed by atoms with van der Waals surface area (Å²) in [6, 6.07) is 5.50. The van der Waals surface area contributed by atoms with Gasteiger partial charge in [-0.3, -0.25) is 9.59 Å². The smallest absolute Gasteiger partial charge is 0.342 e. The van der Waals surface area contributed by atoms with Gasteiger partial charge in [0.25, 0.3) is 5.91 Å². The summed E-state index contributed by atoms with van der Waals surface area (Å²) in [6.45, 7) is 2.67. The average molecular weight is 400 g/mol. The van der Waals surface area contributed by atoms with E-state index in [9.17, 15) is 22.8 Å². The molecule has 0 radical (unpaired) electrons. The number of amides is 2. The number of piperidine rings is 2. The number of carbonyl (C=O) groups is 2. The van der Waals surface area contributed by atoms with Crippen molar-refractivity contribution in [1.82, 2.24) is 9.80 Å². The predicted octanol–water partition coefficient (Wildman–Crippen LogP) is 4.16. The van der Waals surface area contributed by atoms with Crippen LogP contribution in [-0.4, -0.2) is 53.3 Å². The minimum absolute atomic E-state index is 0.0299. The summed E-state index contributed by atoms with van der Waals surface area (Å²) < 4.78 is 37.2. The molecule has 0 aliphatic carbocycles. The Balaban J connectivity index is 1.53. The molecule has 2 amide bonds. The molecule has 0 atom stereocenters. The van der Waals surface area contributed by atoms with Crippen LogP contribution in [0.5, 0.6) is 0 Å². The lowest BCUT2D eigenvalue weighted by molar-refractivity contribution is -0.137. The van der Waals surface area contributed by atoms with Gasteiger partial charge in [-0.05, 0) is 68.1 Å². The lowest BCUT2D eigenvalue weighted by Crippen LogP contribution is -2.45. The monoisotopic (exact) mass is 400 g/mol. The summed E-state index contributed by atoms with van der Waals surface area (Å²) in [4.78, 5) is 28.8. The van der Waals surface area contributed by atoms with Crippen LogP contribution in [0.3, 0.4) is 0 Å². The fourth-order valence-electron chi connectivity index (χ4n) is 3.68. The molecule has 2 heterocycles. The molecule has 0 spiro atoms. The van der Waals surface area contributed by atoms with Crippen LogP contribution < -0.4 is 0 Å². The first-order valence-electron chi connectivity index (χ1n) is 9.27. The van der Waals surface area contributed by atoms with Gasteiger partial charge < -0.3 is 9.80 Å². The second-order valence-electron chi connectivity index (χ2n) is 7.02. The molecule has 3 rings (SSSR count). The van der Waals surface area contributed by atoms with Gasteiger partial charge in [-0.15, -0.1) is 0 Å². The largest absolute Gasteiger partial charge is 0.446 e.